The summed E-state index contributed by atoms with van der Waals surface area (Å²) in [6.45, 7) is 4.06. The van der Waals surface area contributed by atoms with E-state index in [1.54, 1.807) is 12.1 Å². The topological polar surface area (TPSA) is 96.5 Å². The van der Waals surface area contributed by atoms with E-state index in [2.05, 4.69) is 15.4 Å². The molecule has 9 heteroatoms. The molecule has 0 spiro atoms. The van der Waals surface area contributed by atoms with Crippen LogP contribution in [0.5, 0.6) is 5.75 Å². The van der Waals surface area contributed by atoms with E-state index >= 15 is 0 Å². The SMILES string of the molecule is CNC(=S)NS(=O)(=O)c1cc(CCNC(=O)C=C(C)C)ccc1OC. The van der Waals surface area contributed by atoms with Gasteiger partial charge in [0.1, 0.15) is 10.6 Å². The molecule has 0 saturated heterocycles. The molecule has 1 amide bonds. The molecule has 25 heavy (non-hydrogen) atoms. The Hall–Kier alpha value is -2.13. The highest BCUT2D eigenvalue weighted by molar-refractivity contribution is 7.92. The number of carbonyl (C=O) groups excluding carboxylic acids is 1. The summed E-state index contributed by atoms with van der Waals surface area (Å²) >= 11 is 4.85. The number of ether oxygens (including phenoxy) is 1. The maximum absolute atomic E-state index is 12.4. The number of carbonyl (C=O) groups is 1. The Balaban J connectivity index is 2.93. The lowest BCUT2D eigenvalue weighted by Gasteiger charge is -2.13. The Bertz CT molecular complexity index is 770. The van der Waals surface area contributed by atoms with Crippen LogP contribution >= 0.6 is 12.2 Å². The first-order valence-corrected chi connectivity index (χ1v) is 9.43. The lowest BCUT2D eigenvalue weighted by atomic mass is 10.1. The minimum atomic E-state index is -3.87. The predicted molar refractivity (Wildman–Crippen MR) is 101 cm³/mol. The fraction of sp³-hybridized carbons (Fsp3) is 0.375. The summed E-state index contributed by atoms with van der Waals surface area (Å²) in [6, 6.07) is 4.83. The van der Waals surface area contributed by atoms with Crippen LogP contribution in [0.15, 0.2) is 34.7 Å². The maximum atomic E-state index is 12.4. The van der Waals surface area contributed by atoms with Gasteiger partial charge >= 0.3 is 0 Å². The quantitative estimate of drug-likeness (QED) is 0.481. The van der Waals surface area contributed by atoms with E-state index in [0.717, 1.165) is 11.1 Å². The first kappa shape index (κ1) is 20.9. The molecule has 1 rings (SSSR count). The molecule has 0 bridgehead atoms. The number of sulfonamides is 1. The number of allylic oxidation sites excluding steroid dienone is 1. The zero-order valence-electron chi connectivity index (χ0n) is 14.7. The Morgan fingerprint density at radius 2 is 2.00 bits per heavy atom. The zero-order chi connectivity index (χ0) is 19.0. The van der Waals surface area contributed by atoms with Crippen molar-refractivity contribution < 1.29 is 17.9 Å². The number of rotatable bonds is 7. The Morgan fingerprint density at radius 3 is 2.56 bits per heavy atom. The van der Waals surface area contributed by atoms with Gasteiger partial charge in [-0.2, -0.15) is 0 Å². The molecule has 0 aliphatic rings. The van der Waals surface area contributed by atoms with Crippen LogP contribution in [0, 0.1) is 0 Å². The molecule has 0 aliphatic heterocycles. The summed E-state index contributed by atoms with van der Waals surface area (Å²) in [7, 11) is -0.955. The van der Waals surface area contributed by atoms with Gasteiger partial charge in [0.2, 0.25) is 5.91 Å². The van der Waals surface area contributed by atoms with Gasteiger partial charge in [-0.05, 0) is 50.2 Å². The van der Waals surface area contributed by atoms with E-state index in [0.29, 0.717) is 13.0 Å². The Morgan fingerprint density at radius 1 is 1.32 bits per heavy atom. The number of thiocarbonyl (C=S) groups is 1. The van der Waals surface area contributed by atoms with Crippen molar-refractivity contribution in [2.24, 2.45) is 0 Å². The van der Waals surface area contributed by atoms with Gasteiger partial charge in [0.05, 0.1) is 7.11 Å². The third kappa shape index (κ3) is 6.71. The summed E-state index contributed by atoms with van der Waals surface area (Å²) in [4.78, 5) is 11.6. The van der Waals surface area contributed by atoms with E-state index < -0.39 is 10.0 Å². The maximum Gasteiger partial charge on any atom is 0.267 e. The summed E-state index contributed by atoms with van der Waals surface area (Å²) < 4.78 is 32.3. The highest BCUT2D eigenvalue weighted by Gasteiger charge is 2.21. The van der Waals surface area contributed by atoms with Crippen LogP contribution < -0.4 is 20.1 Å². The third-order valence-corrected chi connectivity index (χ3v) is 4.91. The van der Waals surface area contributed by atoms with Crippen LogP contribution in [0.2, 0.25) is 0 Å². The van der Waals surface area contributed by atoms with Crippen LogP contribution in [-0.4, -0.2) is 40.1 Å². The van der Waals surface area contributed by atoms with Gasteiger partial charge < -0.3 is 15.4 Å². The second-order valence-corrected chi connectivity index (χ2v) is 7.49. The normalized spacial score (nSPS) is 10.6. The van der Waals surface area contributed by atoms with Crippen LogP contribution in [0.3, 0.4) is 0 Å². The fourth-order valence-corrected chi connectivity index (χ4v) is 3.47. The molecule has 0 aliphatic carbocycles. The molecule has 7 nitrogen and oxygen atoms in total. The van der Waals surface area contributed by atoms with Crippen molar-refractivity contribution in [1.82, 2.24) is 15.4 Å². The molecule has 0 fully saturated rings. The number of hydrogen-bond donors (Lipinski definition) is 3. The lowest BCUT2D eigenvalue weighted by Crippen LogP contribution is -2.37. The number of hydrogen-bond acceptors (Lipinski definition) is 5. The second kappa shape index (κ2) is 9.38. The number of methoxy groups -OCH3 is 1. The van der Waals surface area contributed by atoms with Gasteiger partial charge in [0.15, 0.2) is 5.11 Å². The zero-order valence-corrected chi connectivity index (χ0v) is 16.3. The van der Waals surface area contributed by atoms with Gasteiger partial charge in [-0.25, -0.2) is 8.42 Å². The minimum Gasteiger partial charge on any atom is -0.495 e. The van der Waals surface area contributed by atoms with E-state index in [-0.39, 0.29) is 21.7 Å². The summed E-state index contributed by atoms with van der Waals surface area (Å²) in [5.41, 5.74) is 1.65. The summed E-state index contributed by atoms with van der Waals surface area (Å²) in [6.07, 6.45) is 1.98. The largest absolute Gasteiger partial charge is 0.495 e. The van der Waals surface area contributed by atoms with Gasteiger partial charge in [0, 0.05) is 19.7 Å². The molecule has 1 aromatic carbocycles. The van der Waals surface area contributed by atoms with Crippen LogP contribution in [0.4, 0.5) is 0 Å². The van der Waals surface area contributed by atoms with E-state index in [1.807, 2.05) is 13.8 Å². The Labute approximate surface area is 153 Å². The van der Waals surface area contributed by atoms with Crippen molar-refractivity contribution in [3.05, 3.63) is 35.4 Å². The van der Waals surface area contributed by atoms with Crippen LogP contribution in [-0.2, 0) is 21.2 Å². The van der Waals surface area contributed by atoms with E-state index in [1.165, 1.54) is 26.3 Å². The van der Waals surface area contributed by atoms with Crippen molar-refractivity contribution >= 4 is 33.3 Å². The molecule has 0 unspecified atom stereocenters. The van der Waals surface area contributed by atoms with E-state index in [4.69, 9.17) is 17.0 Å². The summed E-state index contributed by atoms with van der Waals surface area (Å²) in [5.74, 6) is 0.0334. The molecule has 0 radical (unpaired) electrons. The molecule has 0 atom stereocenters. The highest BCUT2D eigenvalue weighted by atomic mass is 32.2. The van der Waals surface area contributed by atoms with Crippen molar-refractivity contribution in [2.75, 3.05) is 20.7 Å². The third-order valence-electron chi connectivity index (χ3n) is 3.10. The first-order chi connectivity index (χ1) is 11.7. The van der Waals surface area contributed by atoms with Gasteiger partial charge in [-0.1, -0.05) is 11.6 Å². The van der Waals surface area contributed by atoms with E-state index in [9.17, 15) is 13.2 Å². The average Bonchev–Trinajstić information content (AvgIpc) is 2.53. The molecule has 0 saturated carbocycles. The van der Waals surface area contributed by atoms with Gasteiger partial charge in [0.25, 0.3) is 10.0 Å². The minimum absolute atomic E-state index is 0.0126. The molecular formula is C16H23N3O4S2. The molecule has 1 aromatic rings. The van der Waals surface area contributed by atoms with Crippen molar-refractivity contribution in [2.45, 2.75) is 25.2 Å². The predicted octanol–water partition coefficient (Wildman–Crippen LogP) is 1.10. The molecular weight excluding hydrogens is 362 g/mol. The highest BCUT2D eigenvalue weighted by Crippen LogP contribution is 2.25. The van der Waals surface area contributed by atoms with Crippen molar-refractivity contribution in [1.29, 1.82) is 0 Å². The van der Waals surface area contributed by atoms with Crippen LogP contribution in [0.25, 0.3) is 0 Å². The van der Waals surface area contributed by atoms with Gasteiger partial charge in [-0.3, -0.25) is 9.52 Å². The average molecular weight is 386 g/mol. The smallest absolute Gasteiger partial charge is 0.267 e. The first-order valence-electron chi connectivity index (χ1n) is 7.53. The Kier molecular flexibility index (Phi) is 7.85. The second-order valence-electron chi connectivity index (χ2n) is 5.43. The lowest BCUT2D eigenvalue weighted by molar-refractivity contribution is -0.116. The monoisotopic (exact) mass is 385 g/mol. The molecule has 3 N–H and O–H groups in total. The van der Waals surface area contributed by atoms with Gasteiger partial charge in [-0.15, -0.1) is 0 Å². The molecule has 0 aromatic heterocycles. The standard InChI is InChI=1S/C16H23N3O4S2/c1-11(2)9-15(20)18-8-7-12-5-6-13(23-4)14(10-12)25(21,22)19-16(24)17-3/h5-6,9-10H,7-8H2,1-4H3,(H,18,20)(H2,17,19,24). The number of amides is 1. The number of benzene rings is 1. The van der Waals surface area contributed by atoms with Crippen LogP contribution in [0.1, 0.15) is 19.4 Å². The number of nitrogens with one attached hydrogen (secondary N) is 3. The fourth-order valence-electron chi connectivity index (χ4n) is 1.96. The van der Waals surface area contributed by atoms with Crippen molar-refractivity contribution in [3.63, 3.8) is 0 Å². The molecule has 0 heterocycles. The summed E-state index contributed by atoms with van der Waals surface area (Å²) in [5, 5.41) is 5.29. The van der Waals surface area contributed by atoms with Crippen molar-refractivity contribution in [3.8, 4) is 5.75 Å². The molecule has 138 valence electrons.